The van der Waals surface area contributed by atoms with Crippen molar-refractivity contribution in [1.29, 1.82) is 0 Å². The van der Waals surface area contributed by atoms with Crippen LogP contribution in [0.5, 0.6) is 5.75 Å². The van der Waals surface area contributed by atoms with E-state index in [0.717, 1.165) is 11.1 Å². The van der Waals surface area contributed by atoms with Crippen LogP contribution in [-0.2, 0) is 20.9 Å². The number of fused-ring (bicyclic) bond motifs is 1. The molecule has 1 amide bonds. The molecular weight excluding hydrogens is 544 g/mol. The second-order valence-electron chi connectivity index (χ2n) is 9.70. The zero-order valence-electron chi connectivity index (χ0n) is 23.8. The number of aromatic nitrogens is 1. The number of amides is 1. The van der Waals surface area contributed by atoms with E-state index in [9.17, 15) is 14.4 Å². The first kappa shape index (κ1) is 29.0. The fourth-order valence-electron chi connectivity index (χ4n) is 4.61. The Morgan fingerprint density at radius 3 is 2.19 bits per heavy atom. The van der Waals surface area contributed by atoms with Gasteiger partial charge in [-0.1, -0.05) is 48.5 Å². The minimum Gasteiger partial charge on any atom is -0.489 e. The number of nitrogens with one attached hydrogen (secondary N) is 1. The van der Waals surface area contributed by atoms with E-state index in [-0.39, 0.29) is 6.61 Å². The van der Waals surface area contributed by atoms with Crippen molar-refractivity contribution in [1.82, 2.24) is 4.98 Å². The summed E-state index contributed by atoms with van der Waals surface area (Å²) in [5, 5.41) is 3.30. The lowest BCUT2D eigenvalue weighted by molar-refractivity contribution is -0.119. The van der Waals surface area contributed by atoms with Crippen molar-refractivity contribution < 1.29 is 28.6 Å². The van der Waals surface area contributed by atoms with E-state index in [1.54, 1.807) is 37.3 Å². The number of anilines is 1. The molecule has 0 fully saturated rings. The van der Waals surface area contributed by atoms with Gasteiger partial charge in [0.2, 0.25) is 0 Å². The van der Waals surface area contributed by atoms with Crippen LogP contribution in [0.2, 0.25) is 0 Å². The van der Waals surface area contributed by atoms with E-state index in [2.05, 4.69) is 5.32 Å². The first-order valence-corrected chi connectivity index (χ1v) is 13.8. The molecule has 1 N–H and O–H groups in total. The molecule has 0 saturated carbocycles. The van der Waals surface area contributed by atoms with Gasteiger partial charge in [0.1, 0.15) is 12.4 Å². The Hall–Kier alpha value is -5.50. The minimum absolute atomic E-state index is 0.271. The molecule has 0 aliphatic rings. The molecular formula is C35H30N2O6. The van der Waals surface area contributed by atoms with Crippen LogP contribution in [0.3, 0.4) is 0 Å². The van der Waals surface area contributed by atoms with E-state index in [0.29, 0.717) is 51.3 Å². The van der Waals surface area contributed by atoms with Crippen LogP contribution in [0.1, 0.15) is 38.8 Å². The zero-order valence-corrected chi connectivity index (χ0v) is 23.8. The first-order valence-electron chi connectivity index (χ1n) is 13.8. The van der Waals surface area contributed by atoms with Crippen molar-refractivity contribution in [3.8, 4) is 17.0 Å². The van der Waals surface area contributed by atoms with Crippen molar-refractivity contribution >= 4 is 34.4 Å². The van der Waals surface area contributed by atoms with Crippen LogP contribution in [0.25, 0.3) is 22.2 Å². The quantitative estimate of drug-likeness (QED) is 0.184. The number of hydrogen-bond acceptors (Lipinski definition) is 7. The Bertz CT molecular complexity index is 1750. The highest BCUT2D eigenvalue weighted by atomic mass is 16.5. The van der Waals surface area contributed by atoms with Crippen LogP contribution >= 0.6 is 0 Å². The minimum atomic E-state index is -0.632. The molecule has 216 valence electrons. The van der Waals surface area contributed by atoms with Crippen LogP contribution in [0.4, 0.5) is 5.69 Å². The molecule has 0 spiro atoms. The molecule has 0 aliphatic heterocycles. The molecule has 0 atom stereocenters. The van der Waals surface area contributed by atoms with Crippen molar-refractivity contribution in [3.63, 3.8) is 0 Å². The molecule has 0 bridgehead atoms. The highest BCUT2D eigenvalue weighted by Crippen LogP contribution is 2.31. The third kappa shape index (κ3) is 7.05. The predicted octanol–water partition coefficient (Wildman–Crippen LogP) is 6.76. The number of esters is 2. The molecule has 4 aromatic carbocycles. The fraction of sp³-hybridized carbons (Fsp3) is 0.143. The molecule has 5 aromatic rings. The van der Waals surface area contributed by atoms with Gasteiger partial charge in [-0.2, -0.15) is 0 Å². The normalized spacial score (nSPS) is 10.7. The summed E-state index contributed by atoms with van der Waals surface area (Å²) < 4.78 is 16.3. The van der Waals surface area contributed by atoms with Gasteiger partial charge in [-0.3, -0.25) is 4.79 Å². The van der Waals surface area contributed by atoms with E-state index >= 15 is 0 Å². The number of rotatable bonds is 10. The van der Waals surface area contributed by atoms with Crippen molar-refractivity contribution in [2.45, 2.75) is 20.5 Å². The predicted molar refractivity (Wildman–Crippen MR) is 164 cm³/mol. The lowest BCUT2D eigenvalue weighted by Gasteiger charge is -2.15. The van der Waals surface area contributed by atoms with Gasteiger partial charge in [-0.05, 0) is 79.6 Å². The topological polar surface area (TPSA) is 104 Å². The number of carbonyl (C=O) groups is 3. The Balaban J connectivity index is 1.30. The number of nitrogens with zero attached hydrogens (tertiary/aromatic N) is 1. The summed E-state index contributed by atoms with van der Waals surface area (Å²) in [6.07, 6.45) is 0. The van der Waals surface area contributed by atoms with E-state index in [4.69, 9.17) is 19.2 Å². The van der Waals surface area contributed by atoms with Gasteiger partial charge in [0, 0.05) is 16.6 Å². The molecule has 0 saturated heterocycles. The van der Waals surface area contributed by atoms with E-state index < -0.39 is 24.5 Å². The molecule has 8 nitrogen and oxygen atoms in total. The standard InChI is InChI=1S/C35H30N2O6/c1-3-41-34(39)26-13-17-27(18-14-26)36-31(38)22-43-35(40)32-23(2)33(37-30-12-8-7-11-29(30)32)25-15-19-28(20-16-25)42-21-24-9-5-4-6-10-24/h4-20H,3,21-22H2,1-2H3,(H,36,38). The molecule has 0 unspecified atom stereocenters. The number of carbonyl (C=O) groups excluding carboxylic acids is 3. The maximum atomic E-state index is 13.4. The summed E-state index contributed by atoms with van der Waals surface area (Å²) >= 11 is 0. The van der Waals surface area contributed by atoms with Gasteiger partial charge in [0.05, 0.1) is 28.9 Å². The van der Waals surface area contributed by atoms with Gasteiger partial charge in [-0.15, -0.1) is 0 Å². The van der Waals surface area contributed by atoms with Crippen molar-refractivity contribution in [2.75, 3.05) is 18.5 Å². The Morgan fingerprint density at radius 2 is 1.47 bits per heavy atom. The van der Waals surface area contributed by atoms with Gasteiger partial charge < -0.3 is 19.5 Å². The number of pyridine rings is 1. The van der Waals surface area contributed by atoms with Crippen molar-refractivity contribution in [3.05, 3.63) is 125 Å². The molecule has 0 radical (unpaired) electrons. The number of benzene rings is 4. The SMILES string of the molecule is CCOC(=O)c1ccc(NC(=O)COC(=O)c2c(C)c(-c3ccc(OCc4ccccc4)cc3)nc3ccccc23)cc1. The maximum Gasteiger partial charge on any atom is 0.339 e. The Morgan fingerprint density at radius 1 is 0.767 bits per heavy atom. The number of para-hydroxylation sites is 1. The summed E-state index contributed by atoms with van der Waals surface area (Å²) in [6, 6.07) is 31.0. The highest BCUT2D eigenvalue weighted by Gasteiger charge is 2.21. The average Bonchev–Trinajstić information content (AvgIpc) is 3.03. The van der Waals surface area contributed by atoms with Crippen LogP contribution in [-0.4, -0.2) is 36.0 Å². The Kier molecular flexibility index (Phi) is 9.07. The molecule has 43 heavy (non-hydrogen) atoms. The molecule has 1 heterocycles. The number of ether oxygens (including phenoxy) is 3. The average molecular weight is 575 g/mol. The summed E-state index contributed by atoms with van der Waals surface area (Å²) in [5.41, 5.74) is 4.95. The molecule has 1 aromatic heterocycles. The highest BCUT2D eigenvalue weighted by molar-refractivity contribution is 6.07. The first-order chi connectivity index (χ1) is 20.9. The second kappa shape index (κ2) is 13.4. The lowest BCUT2D eigenvalue weighted by Crippen LogP contribution is -2.21. The smallest absolute Gasteiger partial charge is 0.339 e. The van der Waals surface area contributed by atoms with Crippen LogP contribution < -0.4 is 10.1 Å². The zero-order chi connectivity index (χ0) is 30.2. The van der Waals surface area contributed by atoms with E-state index in [1.807, 2.05) is 79.7 Å². The molecule has 8 heteroatoms. The summed E-state index contributed by atoms with van der Waals surface area (Å²) in [7, 11) is 0. The Labute approximate surface area is 249 Å². The van der Waals surface area contributed by atoms with Crippen LogP contribution in [0, 0.1) is 6.92 Å². The number of hydrogen-bond donors (Lipinski definition) is 1. The van der Waals surface area contributed by atoms with E-state index in [1.165, 1.54) is 0 Å². The molecule has 0 aliphatic carbocycles. The van der Waals surface area contributed by atoms with Gasteiger partial charge in [-0.25, -0.2) is 14.6 Å². The third-order valence-electron chi connectivity index (χ3n) is 6.73. The second-order valence-corrected chi connectivity index (χ2v) is 9.70. The summed E-state index contributed by atoms with van der Waals surface area (Å²) in [6.45, 7) is 3.78. The monoisotopic (exact) mass is 574 g/mol. The lowest BCUT2D eigenvalue weighted by atomic mass is 9.97. The third-order valence-corrected chi connectivity index (χ3v) is 6.73. The summed E-state index contributed by atoms with van der Waals surface area (Å²) in [4.78, 5) is 42.6. The maximum absolute atomic E-state index is 13.4. The van der Waals surface area contributed by atoms with Gasteiger partial charge in [0.25, 0.3) is 5.91 Å². The van der Waals surface area contributed by atoms with Crippen molar-refractivity contribution in [2.24, 2.45) is 0 Å². The molecule has 5 rings (SSSR count). The summed E-state index contributed by atoms with van der Waals surface area (Å²) in [5.74, 6) is -0.874. The van der Waals surface area contributed by atoms with Gasteiger partial charge >= 0.3 is 11.9 Å². The van der Waals surface area contributed by atoms with Crippen LogP contribution in [0.15, 0.2) is 103 Å². The van der Waals surface area contributed by atoms with Gasteiger partial charge in [0.15, 0.2) is 6.61 Å². The largest absolute Gasteiger partial charge is 0.489 e. The fourth-order valence-corrected chi connectivity index (χ4v) is 4.61.